The van der Waals surface area contributed by atoms with Crippen LogP contribution in [0.1, 0.15) is 58.3 Å². The van der Waals surface area contributed by atoms with Gasteiger partial charge in [0.2, 0.25) is 0 Å². The van der Waals surface area contributed by atoms with Crippen molar-refractivity contribution in [2.24, 2.45) is 5.92 Å². The molecule has 0 heterocycles. The van der Waals surface area contributed by atoms with Crippen molar-refractivity contribution in [3.63, 3.8) is 0 Å². The van der Waals surface area contributed by atoms with E-state index < -0.39 is 0 Å². The van der Waals surface area contributed by atoms with Crippen LogP contribution in [0.3, 0.4) is 0 Å². The van der Waals surface area contributed by atoms with Gasteiger partial charge < -0.3 is 5.32 Å². The summed E-state index contributed by atoms with van der Waals surface area (Å²) in [4.78, 5) is 0. The lowest BCUT2D eigenvalue weighted by atomic mass is 9.85. The molecule has 2 saturated carbocycles. The molecular weight excluding hydrogens is 214 g/mol. The predicted molar refractivity (Wildman–Crippen MR) is 74.1 cm³/mol. The fraction of sp³-hybridized carbons (Fsp3) is 1.00. The van der Waals surface area contributed by atoms with Crippen molar-refractivity contribution in [2.75, 3.05) is 6.26 Å². The van der Waals surface area contributed by atoms with Crippen LogP contribution in [-0.4, -0.2) is 23.6 Å². The monoisotopic (exact) mass is 241 g/mol. The van der Waals surface area contributed by atoms with Crippen LogP contribution >= 0.6 is 11.8 Å². The molecule has 1 N–H and O–H groups in total. The van der Waals surface area contributed by atoms with E-state index in [0.717, 1.165) is 23.3 Å². The zero-order valence-electron chi connectivity index (χ0n) is 10.9. The van der Waals surface area contributed by atoms with E-state index in [4.69, 9.17) is 0 Å². The summed E-state index contributed by atoms with van der Waals surface area (Å²) in [5, 5.41) is 4.86. The standard InChI is InChI=1S/C14H27NS/c1-11-5-3-6-12(9-11)15-13-7-4-8-14(10-13)16-2/h11-15H,3-10H2,1-2H3. The molecule has 0 radical (unpaired) electrons. The number of hydrogen-bond acceptors (Lipinski definition) is 2. The fourth-order valence-electron chi connectivity index (χ4n) is 3.43. The van der Waals surface area contributed by atoms with Crippen LogP contribution in [0.15, 0.2) is 0 Å². The van der Waals surface area contributed by atoms with Crippen molar-refractivity contribution < 1.29 is 0 Å². The van der Waals surface area contributed by atoms with Crippen molar-refractivity contribution in [1.29, 1.82) is 0 Å². The average Bonchev–Trinajstić information content (AvgIpc) is 2.29. The highest BCUT2D eigenvalue weighted by Gasteiger charge is 2.25. The molecular formula is C14H27NS. The van der Waals surface area contributed by atoms with Crippen LogP contribution in [0.2, 0.25) is 0 Å². The first kappa shape index (κ1) is 12.8. The summed E-state index contributed by atoms with van der Waals surface area (Å²) in [5.41, 5.74) is 0. The summed E-state index contributed by atoms with van der Waals surface area (Å²) in [6, 6.07) is 1.65. The first-order chi connectivity index (χ1) is 7.78. The van der Waals surface area contributed by atoms with Gasteiger partial charge in [-0.1, -0.05) is 26.2 Å². The molecule has 2 fully saturated rings. The van der Waals surface area contributed by atoms with Crippen LogP contribution in [0.5, 0.6) is 0 Å². The molecule has 0 spiro atoms. The largest absolute Gasteiger partial charge is 0.311 e. The summed E-state index contributed by atoms with van der Waals surface area (Å²) in [7, 11) is 0. The van der Waals surface area contributed by atoms with Gasteiger partial charge in [-0.25, -0.2) is 0 Å². The third-order valence-electron chi connectivity index (χ3n) is 4.37. The lowest BCUT2D eigenvalue weighted by Crippen LogP contribution is -2.43. The molecule has 0 aromatic rings. The minimum Gasteiger partial charge on any atom is -0.311 e. The zero-order valence-corrected chi connectivity index (χ0v) is 11.7. The Morgan fingerprint density at radius 3 is 2.31 bits per heavy atom. The van der Waals surface area contributed by atoms with E-state index in [9.17, 15) is 0 Å². The molecule has 0 amide bonds. The number of thioether (sulfide) groups is 1. The van der Waals surface area contributed by atoms with Crippen LogP contribution < -0.4 is 5.32 Å². The summed E-state index contributed by atoms with van der Waals surface area (Å²) < 4.78 is 0. The Kier molecular flexibility index (Phi) is 5.02. The highest BCUT2D eigenvalue weighted by Crippen LogP contribution is 2.29. The molecule has 0 bridgehead atoms. The van der Waals surface area contributed by atoms with E-state index in [1.165, 1.54) is 51.4 Å². The molecule has 2 heteroatoms. The number of hydrogen-bond donors (Lipinski definition) is 1. The zero-order chi connectivity index (χ0) is 11.4. The van der Waals surface area contributed by atoms with Gasteiger partial charge in [-0.15, -0.1) is 0 Å². The molecule has 2 aliphatic rings. The molecule has 94 valence electrons. The maximum absolute atomic E-state index is 3.94. The lowest BCUT2D eigenvalue weighted by molar-refractivity contribution is 0.257. The first-order valence-electron chi connectivity index (χ1n) is 7.06. The topological polar surface area (TPSA) is 12.0 Å². The van der Waals surface area contributed by atoms with Crippen molar-refractivity contribution >= 4 is 11.8 Å². The molecule has 0 saturated heterocycles. The molecule has 2 aliphatic carbocycles. The lowest BCUT2D eigenvalue weighted by Gasteiger charge is -2.35. The normalized spacial score (nSPS) is 40.9. The molecule has 0 aromatic heterocycles. The Bertz CT molecular complexity index is 207. The molecule has 16 heavy (non-hydrogen) atoms. The summed E-state index contributed by atoms with van der Waals surface area (Å²) >= 11 is 2.07. The average molecular weight is 241 g/mol. The second kappa shape index (κ2) is 6.30. The Morgan fingerprint density at radius 2 is 1.62 bits per heavy atom. The summed E-state index contributed by atoms with van der Waals surface area (Å²) in [5.74, 6) is 0.950. The Morgan fingerprint density at radius 1 is 0.938 bits per heavy atom. The van der Waals surface area contributed by atoms with Crippen LogP contribution in [0.4, 0.5) is 0 Å². The minimum absolute atomic E-state index is 0.821. The van der Waals surface area contributed by atoms with Gasteiger partial charge in [0.25, 0.3) is 0 Å². The highest BCUT2D eigenvalue weighted by molar-refractivity contribution is 7.99. The highest BCUT2D eigenvalue weighted by atomic mass is 32.2. The van der Waals surface area contributed by atoms with Gasteiger partial charge in [-0.05, 0) is 44.3 Å². The minimum atomic E-state index is 0.821. The number of nitrogens with one attached hydrogen (secondary N) is 1. The second-order valence-corrected chi connectivity index (χ2v) is 6.99. The summed E-state index contributed by atoms with van der Waals surface area (Å²) in [6.07, 6.45) is 13.7. The van der Waals surface area contributed by atoms with Crippen LogP contribution in [0.25, 0.3) is 0 Å². The molecule has 0 aromatic carbocycles. The Hall–Kier alpha value is 0.310. The SMILES string of the molecule is CSC1CCCC(NC2CCCC(C)C2)C1. The van der Waals surface area contributed by atoms with Gasteiger partial charge in [0.15, 0.2) is 0 Å². The first-order valence-corrected chi connectivity index (χ1v) is 8.35. The molecule has 0 aliphatic heterocycles. The molecule has 4 unspecified atom stereocenters. The third kappa shape index (κ3) is 3.66. The Balaban J connectivity index is 1.75. The van der Waals surface area contributed by atoms with Crippen LogP contribution in [0, 0.1) is 5.92 Å². The van der Waals surface area contributed by atoms with Gasteiger partial charge in [0, 0.05) is 17.3 Å². The van der Waals surface area contributed by atoms with Gasteiger partial charge in [-0.2, -0.15) is 11.8 Å². The van der Waals surface area contributed by atoms with Crippen molar-refractivity contribution in [2.45, 2.75) is 75.6 Å². The second-order valence-electron chi connectivity index (χ2n) is 5.86. The van der Waals surface area contributed by atoms with Crippen LogP contribution in [-0.2, 0) is 0 Å². The van der Waals surface area contributed by atoms with E-state index in [1.54, 1.807) is 0 Å². The van der Waals surface area contributed by atoms with Crippen molar-refractivity contribution in [3.05, 3.63) is 0 Å². The maximum Gasteiger partial charge on any atom is 0.00801 e. The van der Waals surface area contributed by atoms with E-state index in [1.807, 2.05) is 0 Å². The smallest absolute Gasteiger partial charge is 0.00801 e. The Labute approximate surface area is 105 Å². The summed E-state index contributed by atoms with van der Waals surface area (Å²) in [6.45, 7) is 2.42. The van der Waals surface area contributed by atoms with E-state index >= 15 is 0 Å². The van der Waals surface area contributed by atoms with Crippen molar-refractivity contribution in [1.82, 2.24) is 5.32 Å². The van der Waals surface area contributed by atoms with Gasteiger partial charge in [0.1, 0.15) is 0 Å². The number of rotatable bonds is 3. The van der Waals surface area contributed by atoms with E-state index in [0.29, 0.717) is 0 Å². The fourth-order valence-corrected chi connectivity index (χ4v) is 4.26. The van der Waals surface area contributed by atoms with E-state index in [2.05, 4.69) is 30.3 Å². The van der Waals surface area contributed by atoms with Gasteiger partial charge in [-0.3, -0.25) is 0 Å². The predicted octanol–water partition coefficient (Wildman–Crippen LogP) is 3.83. The van der Waals surface area contributed by atoms with Crippen molar-refractivity contribution in [3.8, 4) is 0 Å². The maximum atomic E-state index is 3.94. The molecule has 1 nitrogen and oxygen atoms in total. The van der Waals surface area contributed by atoms with Gasteiger partial charge >= 0.3 is 0 Å². The quantitative estimate of drug-likeness (QED) is 0.806. The molecule has 2 rings (SSSR count). The van der Waals surface area contributed by atoms with Gasteiger partial charge in [0.05, 0.1) is 0 Å². The van der Waals surface area contributed by atoms with E-state index in [-0.39, 0.29) is 0 Å². The third-order valence-corrected chi connectivity index (χ3v) is 5.46. The molecule has 4 atom stereocenters.